The summed E-state index contributed by atoms with van der Waals surface area (Å²) in [7, 11) is 0. The van der Waals surface area contributed by atoms with Crippen LogP contribution in [0.15, 0.2) is 30.3 Å². The summed E-state index contributed by atoms with van der Waals surface area (Å²) in [4.78, 5) is 42.7. The number of carbonyl (C=O) groups is 3. The van der Waals surface area contributed by atoms with Gasteiger partial charge in [0.15, 0.2) is 0 Å². The van der Waals surface area contributed by atoms with Crippen LogP contribution in [0, 0.1) is 17.8 Å². The molecule has 3 fully saturated rings. The number of nitrogens with one attached hydrogen (secondary N) is 2. The van der Waals surface area contributed by atoms with Crippen molar-refractivity contribution in [2.24, 2.45) is 17.8 Å². The Morgan fingerprint density at radius 1 is 1.17 bits per heavy atom. The third-order valence-electron chi connectivity index (χ3n) is 8.52. The number of fused-ring (bicyclic) bond motifs is 1. The number of aliphatic hydroxyl groups excluding tert-OH is 1. The fraction of sp³-hybridized carbons (Fsp3) is 0.679. The molecule has 0 radical (unpaired) electrons. The van der Waals surface area contributed by atoms with Gasteiger partial charge in [-0.25, -0.2) is 0 Å². The molecule has 7 atom stereocenters. The van der Waals surface area contributed by atoms with E-state index in [0.717, 1.165) is 31.2 Å². The van der Waals surface area contributed by atoms with E-state index in [0.29, 0.717) is 25.9 Å². The molecule has 1 aromatic carbocycles. The van der Waals surface area contributed by atoms with Crippen LogP contribution in [0.1, 0.15) is 64.9 Å². The van der Waals surface area contributed by atoms with Gasteiger partial charge in [-0.1, -0.05) is 70.4 Å². The summed E-state index contributed by atoms with van der Waals surface area (Å²) in [6.45, 7) is 6.76. The first-order valence-corrected chi connectivity index (χ1v) is 13.6. The second-order valence-electron chi connectivity index (χ2n) is 10.6. The lowest BCUT2D eigenvalue weighted by molar-refractivity contribution is -0.147. The molecular formula is C28H41N3O5. The average Bonchev–Trinajstić information content (AvgIpc) is 3.54. The smallest absolute Gasteiger partial charge is 0.245 e. The highest BCUT2D eigenvalue weighted by Gasteiger charge is 2.75. The van der Waals surface area contributed by atoms with Crippen LogP contribution >= 0.6 is 0 Å². The molecule has 3 heterocycles. The first-order valence-electron chi connectivity index (χ1n) is 13.6. The monoisotopic (exact) mass is 499 g/mol. The van der Waals surface area contributed by atoms with E-state index >= 15 is 0 Å². The first-order chi connectivity index (χ1) is 17.4. The summed E-state index contributed by atoms with van der Waals surface area (Å²) >= 11 is 0. The molecule has 36 heavy (non-hydrogen) atoms. The van der Waals surface area contributed by atoms with E-state index in [1.54, 1.807) is 4.90 Å². The number of hydrogen-bond donors (Lipinski definition) is 3. The Bertz CT molecular complexity index is 940. The number of ether oxygens (including phenoxy) is 1. The van der Waals surface area contributed by atoms with Crippen molar-refractivity contribution >= 4 is 17.7 Å². The summed E-state index contributed by atoms with van der Waals surface area (Å²) in [5, 5.41) is 16.4. The van der Waals surface area contributed by atoms with Gasteiger partial charge in [0.05, 0.1) is 30.6 Å². The van der Waals surface area contributed by atoms with Gasteiger partial charge >= 0.3 is 0 Å². The summed E-state index contributed by atoms with van der Waals surface area (Å²) in [6.07, 6.45) is 4.47. The predicted octanol–water partition coefficient (Wildman–Crippen LogP) is 2.39. The quantitative estimate of drug-likeness (QED) is 0.383. The minimum absolute atomic E-state index is 0.00729. The Morgan fingerprint density at radius 3 is 2.58 bits per heavy atom. The summed E-state index contributed by atoms with van der Waals surface area (Å²) in [6, 6.07) is 8.29. The predicted molar refractivity (Wildman–Crippen MR) is 136 cm³/mol. The van der Waals surface area contributed by atoms with Gasteiger partial charge in [0, 0.05) is 13.1 Å². The average molecular weight is 500 g/mol. The number of hydrogen-bond acceptors (Lipinski definition) is 5. The van der Waals surface area contributed by atoms with Crippen molar-refractivity contribution in [3.63, 3.8) is 0 Å². The van der Waals surface area contributed by atoms with Crippen molar-refractivity contribution < 1.29 is 24.2 Å². The topological polar surface area (TPSA) is 108 Å². The van der Waals surface area contributed by atoms with Crippen molar-refractivity contribution in [1.29, 1.82) is 0 Å². The number of carbonyl (C=O) groups excluding carboxylic acids is 3. The molecule has 2 unspecified atom stereocenters. The Kier molecular flexibility index (Phi) is 8.35. The second-order valence-corrected chi connectivity index (χ2v) is 10.6. The number of unbranched alkanes of at least 4 members (excludes halogenated alkanes) is 2. The molecule has 1 aromatic rings. The fourth-order valence-electron chi connectivity index (χ4n) is 6.45. The molecule has 2 bridgehead atoms. The second kappa shape index (κ2) is 11.3. The Labute approximate surface area is 214 Å². The number of amides is 3. The lowest BCUT2D eigenvalue weighted by Crippen LogP contribution is -2.59. The van der Waals surface area contributed by atoms with Crippen LogP contribution in [0.3, 0.4) is 0 Å². The van der Waals surface area contributed by atoms with Crippen LogP contribution in [0.4, 0.5) is 0 Å². The highest BCUT2D eigenvalue weighted by atomic mass is 16.5. The summed E-state index contributed by atoms with van der Waals surface area (Å²) < 4.78 is 6.47. The largest absolute Gasteiger partial charge is 0.394 e. The van der Waals surface area contributed by atoms with Crippen molar-refractivity contribution in [3.05, 3.63) is 35.9 Å². The van der Waals surface area contributed by atoms with Gasteiger partial charge in [-0.2, -0.15) is 0 Å². The molecule has 1 spiro atoms. The van der Waals surface area contributed by atoms with Gasteiger partial charge in [-0.15, -0.1) is 0 Å². The lowest BCUT2D eigenvalue weighted by atomic mass is 9.70. The summed E-state index contributed by atoms with van der Waals surface area (Å²) in [5.41, 5.74) is -0.0582. The number of nitrogens with zero attached hydrogens (tertiary/aromatic N) is 1. The molecule has 0 aromatic heterocycles. The van der Waals surface area contributed by atoms with Crippen molar-refractivity contribution in [3.8, 4) is 0 Å². The molecule has 3 aliphatic rings. The SMILES string of the molecule is CCCCCNC(=O)C1N([C@@H](CO)[C@@H](C)CC)C(=O)[C@@H]2[C@@H](C(=O)NCc3ccccc3)[C@H]3CCC12O3. The standard InChI is InChI=1S/C28H41N3O5/c1-4-6-10-15-29-26(34)24-28-14-13-21(36-28)22(25(33)30-16-19-11-8-7-9-12-19)23(28)27(35)31(24)20(17-32)18(3)5-2/h7-9,11-12,18,20-24,32H,4-6,10,13-17H2,1-3H3,(H,29,34)(H,30,33)/t18-,20-,21+,22-,23-,24?,28?/m0/s1. The Hall–Kier alpha value is -2.45. The number of rotatable bonds is 12. The van der Waals surface area contributed by atoms with E-state index < -0.39 is 29.5 Å². The zero-order valence-corrected chi connectivity index (χ0v) is 21.7. The third kappa shape index (κ3) is 4.65. The highest BCUT2D eigenvalue weighted by Crippen LogP contribution is 2.59. The minimum Gasteiger partial charge on any atom is -0.394 e. The van der Waals surface area contributed by atoms with Crippen LogP contribution in [-0.2, 0) is 25.7 Å². The molecule has 198 valence electrons. The Balaban J connectivity index is 1.62. The van der Waals surface area contributed by atoms with Crippen LogP contribution in [0.25, 0.3) is 0 Å². The maximum absolute atomic E-state index is 14.0. The van der Waals surface area contributed by atoms with Crippen molar-refractivity contribution in [2.45, 2.75) is 89.6 Å². The van der Waals surface area contributed by atoms with Crippen molar-refractivity contribution in [1.82, 2.24) is 15.5 Å². The number of aliphatic hydroxyl groups is 1. The summed E-state index contributed by atoms with van der Waals surface area (Å²) in [5.74, 6) is -2.08. The maximum Gasteiger partial charge on any atom is 0.245 e. The molecule has 4 rings (SSSR count). The van der Waals surface area contributed by atoms with Crippen LogP contribution in [-0.4, -0.2) is 64.7 Å². The molecule has 0 aliphatic carbocycles. The zero-order chi connectivity index (χ0) is 25.9. The van der Waals surface area contributed by atoms with Crippen molar-refractivity contribution in [2.75, 3.05) is 13.2 Å². The van der Waals surface area contributed by atoms with Gasteiger partial charge in [-0.3, -0.25) is 14.4 Å². The van der Waals surface area contributed by atoms with E-state index in [2.05, 4.69) is 17.6 Å². The molecule has 8 heteroatoms. The molecule has 0 saturated carbocycles. The fourth-order valence-corrected chi connectivity index (χ4v) is 6.45. The molecule has 3 aliphatic heterocycles. The minimum atomic E-state index is -1.04. The molecular weight excluding hydrogens is 458 g/mol. The molecule has 3 N–H and O–H groups in total. The highest BCUT2D eigenvalue weighted by molar-refractivity contribution is 5.99. The molecule has 3 saturated heterocycles. The first kappa shape index (κ1) is 26.6. The van der Waals surface area contributed by atoms with E-state index in [1.807, 2.05) is 44.2 Å². The van der Waals surface area contributed by atoms with Gasteiger partial charge in [0.1, 0.15) is 11.6 Å². The number of likely N-dealkylation sites (tertiary alicyclic amines) is 1. The van der Waals surface area contributed by atoms with E-state index in [-0.39, 0.29) is 36.4 Å². The van der Waals surface area contributed by atoms with Crippen LogP contribution in [0.2, 0.25) is 0 Å². The van der Waals surface area contributed by atoms with Crippen LogP contribution in [0.5, 0.6) is 0 Å². The van der Waals surface area contributed by atoms with Crippen LogP contribution < -0.4 is 10.6 Å². The van der Waals surface area contributed by atoms with E-state index in [1.165, 1.54) is 0 Å². The maximum atomic E-state index is 14.0. The molecule has 3 amide bonds. The molecule has 8 nitrogen and oxygen atoms in total. The normalized spacial score (nSPS) is 30.2. The Morgan fingerprint density at radius 2 is 1.92 bits per heavy atom. The van der Waals surface area contributed by atoms with Gasteiger partial charge in [0.2, 0.25) is 17.7 Å². The van der Waals surface area contributed by atoms with Gasteiger partial charge in [0.25, 0.3) is 0 Å². The van der Waals surface area contributed by atoms with E-state index in [9.17, 15) is 19.5 Å². The van der Waals surface area contributed by atoms with Gasteiger partial charge in [-0.05, 0) is 30.7 Å². The van der Waals surface area contributed by atoms with Gasteiger partial charge < -0.3 is 25.4 Å². The lowest BCUT2D eigenvalue weighted by Gasteiger charge is -2.38. The van der Waals surface area contributed by atoms with E-state index in [4.69, 9.17) is 4.74 Å². The third-order valence-corrected chi connectivity index (χ3v) is 8.52. The zero-order valence-electron chi connectivity index (χ0n) is 21.7. The number of benzene rings is 1.